The zero-order valence-corrected chi connectivity index (χ0v) is 9.74. The normalized spacial score (nSPS) is 9.24. The number of anilines is 2. The van der Waals surface area contributed by atoms with Gasteiger partial charge in [0.05, 0.1) is 32.0 Å². The van der Waals surface area contributed by atoms with E-state index < -0.39 is 5.97 Å². The van der Waals surface area contributed by atoms with E-state index in [4.69, 9.17) is 16.9 Å². The highest BCUT2D eigenvalue weighted by Crippen LogP contribution is 2.32. The Morgan fingerprint density at radius 1 is 1.53 bits per heavy atom. The van der Waals surface area contributed by atoms with Crippen LogP contribution in [0.2, 0.25) is 0 Å². The zero-order valence-electron chi connectivity index (χ0n) is 9.74. The second kappa shape index (κ2) is 5.66. The van der Waals surface area contributed by atoms with Crippen LogP contribution in [-0.2, 0) is 4.74 Å². The average Bonchev–Trinajstić information content (AvgIpc) is 2.35. The van der Waals surface area contributed by atoms with E-state index in [2.05, 4.69) is 16.0 Å². The predicted molar refractivity (Wildman–Crippen MR) is 66.1 cm³/mol. The van der Waals surface area contributed by atoms with Crippen molar-refractivity contribution in [1.82, 2.24) is 0 Å². The van der Waals surface area contributed by atoms with Gasteiger partial charge in [-0.1, -0.05) is 5.92 Å². The number of benzene rings is 1. The number of terminal acetylenes is 1. The van der Waals surface area contributed by atoms with Crippen LogP contribution < -0.4 is 15.8 Å². The van der Waals surface area contributed by atoms with Crippen LogP contribution in [0.3, 0.4) is 0 Å². The van der Waals surface area contributed by atoms with Crippen LogP contribution in [0.5, 0.6) is 5.75 Å². The fourth-order valence-electron chi connectivity index (χ4n) is 1.36. The van der Waals surface area contributed by atoms with Crippen LogP contribution in [0.15, 0.2) is 12.1 Å². The minimum atomic E-state index is -0.474. The van der Waals surface area contributed by atoms with Crippen LogP contribution in [0.1, 0.15) is 10.4 Å². The van der Waals surface area contributed by atoms with Crippen molar-refractivity contribution in [3.8, 4) is 18.1 Å². The first-order chi connectivity index (χ1) is 8.13. The summed E-state index contributed by atoms with van der Waals surface area (Å²) in [6.07, 6.45) is 5.15. The van der Waals surface area contributed by atoms with Crippen LogP contribution in [0.25, 0.3) is 0 Å². The van der Waals surface area contributed by atoms with Gasteiger partial charge in [0, 0.05) is 0 Å². The molecule has 5 heteroatoms. The monoisotopic (exact) mass is 234 g/mol. The molecule has 1 rings (SSSR count). The molecule has 0 spiro atoms. The quantitative estimate of drug-likeness (QED) is 0.464. The summed E-state index contributed by atoms with van der Waals surface area (Å²) in [5.41, 5.74) is 7.08. The maximum Gasteiger partial charge on any atom is 0.338 e. The van der Waals surface area contributed by atoms with E-state index in [0.29, 0.717) is 29.2 Å². The number of nitrogens with one attached hydrogen (secondary N) is 1. The summed E-state index contributed by atoms with van der Waals surface area (Å²) in [6, 6.07) is 3.05. The predicted octanol–water partition coefficient (Wildman–Crippen LogP) is 1.11. The highest BCUT2D eigenvalue weighted by atomic mass is 16.5. The molecule has 0 heterocycles. The third-order valence-corrected chi connectivity index (χ3v) is 2.14. The van der Waals surface area contributed by atoms with Gasteiger partial charge in [-0.25, -0.2) is 4.79 Å². The van der Waals surface area contributed by atoms with Gasteiger partial charge in [0.15, 0.2) is 0 Å². The van der Waals surface area contributed by atoms with E-state index >= 15 is 0 Å². The molecule has 0 unspecified atom stereocenters. The Labute approximate surface area is 99.9 Å². The lowest BCUT2D eigenvalue weighted by Crippen LogP contribution is -2.08. The first-order valence-corrected chi connectivity index (χ1v) is 4.87. The Balaban J connectivity index is 3.16. The molecule has 0 saturated heterocycles. The van der Waals surface area contributed by atoms with Crippen LogP contribution in [0.4, 0.5) is 11.4 Å². The molecule has 1 aromatic carbocycles. The third-order valence-electron chi connectivity index (χ3n) is 2.14. The molecule has 0 aliphatic heterocycles. The van der Waals surface area contributed by atoms with E-state index in [1.807, 2.05) is 0 Å². The van der Waals surface area contributed by atoms with Gasteiger partial charge in [0.1, 0.15) is 11.4 Å². The summed E-state index contributed by atoms with van der Waals surface area (Å²) in [5.74, 6) is 2.40. The van der Waals surface area contributed by atoms with Gasteiger partial charge in [-0.2, -0.15) is 0 Å². The van der Waals surface area contributed by atoms with Crippen LogP contribution >= 0.6 is 0 Å². The first kappa shape index (κ1) is 12.7. The maximum atomic E-state index is 11.4. The fraction of sp³-hybridized carbons (Fsp3) is 0.250. The van der Waals surface area contributed by atoms with Gasteiger partial charge in [-0.15, -0.1) is 6.42 Å². The molecule has 0 saturated carbocycles. The van der Waals surface area contributed by atoms with E-state index in [-0.39, 0.29) is 0 Å². The van der Waals surface area contributed by atoms with Crippen molar-refractivity contribution in [2.75, 3.05) is 31.8 Å². The molecular weight excluding hydrogens is 220 g/mol. The third kappa shape index (κ3) is 2.82. The van der Waals surface area contributed by atoms with Gasteiger partial charge in [0.2, 0.25) is 0 Å². The van der Waals surface area contributed by atoms with Gasteiger partial charge in [-0.3, -0.25) is 0 Å². The second-order valence-corrected chi connectivity index (χ2v) is 3.19. The second-order valence-electron chi connectivity index (χ2n) is 3.19. The van der Waals surface area contributed by atoms with Crippen molar-refractivity contribution in [3.05, 3.63) is 17.7 Å². The molecule has 0 radical (unpaired) electrons. The number of methoxy groups -OCH3 is 2. The number of hydrogen-bond acceptors (Lipinski definition) is 5. The Hall–Kier alpha value is -2.35. The average molecular weight is 234 g/mol. The molecular formula is C12H14N2O3. The van der Waals surface area contributed by atoms with E-state index in [1.54, 1.807) is 6.07 Å². The molecule has 90 valence electrons. The summed E-state index contributed by atoms with van der Waals surface area (Å²) in [5, 5.41) is 2.93. The number of rotatable bonds is 4. The van der Waals surface area contributed by atoms with E-state index in [1.165, 1.54) is 20.3 Å². The number of carbonyl (C=O) groups excluding carboxylic acids is 1. The van der Waals surface area contributed by atoms with Gasteiger partial charge in [0.25, 0.3) is 0 Å². The smallest absolute Gasteiger partial charge is 0.338 e. The number of nitrogen functional groups attached to an aromatic ring is 1. The summed E-state index contributed by atoms with van der Waals surface area (Å²) in [4.78, 5) is 11.4. The molecule has 0 aromatic heterocycles. The number of hydrogen-bond donors (Lipinski definition) is 2. The fourth-order valence-corrected chi connectivity index (χ4v) is 1.36. The summed E-state index contributed by atoms with van der Waals surface area (Å²) >= 11 is 0. The summed E-state index contributed by atoms with van der Waals surface area (Å²) < 4.78 is 9.75. The molecule has 1 aromatic rings. The molecule has 0 bridgehead atoms. The SMILES string of the molecule is C#CCNc1c(N)cc(C(=O)OC)cc1OC. The van der Waals surface area contributed by atoms with E-state index in [9.17, 15) is 4.79 Å². The van der Waals surface area contributed by atoms with Crippen molar-refractivity contribution in [1.29, 1.82) is 0 Å². The lowest BCUT2D eigenvalue weighted by Gasteiger charge is -2.13. The van der Waals surface area contributed by atoms with Crippen molar-refractivity contribution in [3.63, 3.8) is 0 Å². The highest BCUT2D eigenvalue weighted by Gasteiger charge is 2.13. The van der Waals surface area contributed by atoms with Crippen molar-refractivity contribution in [2.24, 2.45) is 0 Å². The Kier molecular flexibility index (Phi) is 4.23. The molecule has 0 amide bonds. The number of nitrogens with two attached hydrogens (primary N) is 1. The van der Waals surface area contributed by atoms with Crippen LogP contribution in [-0.4, -0.2) is 26.7 Å². The first-order valence-electron chi connectivity index (χ1n) is 4.87. The number of carbonyl (C=O) groups is 1. The molecule has 3 N–H and O–H groups in total. The largest absolute Gasteiger partial charge is 0.494 e. The number of ether oxygens (including phenoxy) is 2. The summed E-state index contributed by atoms with van der Waals surface area (Å²) in [7, 11) is 2.78. The van der Waals surface area contributed by atoms with Gasteiger partial charge < -0.3 is 20.5 Å². The van der Waals surface area contributed by atoms with Crippen molar-refractivity contribution in [2.45, 2.75) is 0 Å². The zero-order chi connectivity index (χ0) is 12.8. The Bertz CT molecular complexity index is 464. The standard InChI is InChI=1S/C12H14N2O3/c1-4-5-14-11-9(13)6-8(12(15)17-3)7-10(11)16-2/h1,6-7,14H,5,13H2,2-3H3. The molecule has 17 heavy (non-hydrogen) atoms. The summed E-state index contributed by atoms with van der Waals surface area (Å²) in [6.45, 7) is 0.318. The minimum absolute atomic E-state index is 0.318. The molecule has 5 nitrogen and oxygen atoms in total. The Morgan fingerprint density at radius 2 is 2.24 bits per heavy atom. The van der Waals surface area contributed by atoms with E-state index in [0.717, 1.165) is 0 Å². The van der Waals surface area contributed by atoms with Gasteiger partial charge in [-0.05, 0) is 12.1 Å². The number of esters is 1. The van der Waals surface area contributed by atoms with Crippen molar-refractivity contribution >= 4 is 17.3 Å². The van der Waals surface area contributed by atoms with Gasteiger partial charge >= 0.3 is 5.97 Å². The molecule has 0 aliphatic rings. The van der Waals surface area contributed by atoms with Crippen LogP contribution in [0, 0.1) is 12.3 Å². The molecule has 0 atom stereocenters. The lowest BCUT2D eigenvalue weighted by molar-refractivity contribution is 0.0600. The molecule has 0 aliphatic carbocycles. The Morgan fingerprint density at radius 3 is 2.76 bits per heavy atom. The molecule has 0 fully saturated rings. The van der Waals surface area contributed by atoms with Crippen molar-refractivity contribution < 1.29 is 14.3 Å². The minimum Gasteiger partial charge on any atom is -0.494 e. The lowest BCUT2D eigenvalue weighted by atomic mass is 10.1. The highest BCUT2D eigenvalue weighted by molar-refractivity contribution is 5.93. The maximum absolute atomic E-state index is 11.4. The topological polar surface area (TPSA) is 73.6 Å².